The molecule has 6 heteroatoms. The normalized spacial score (nSPS) is 11.1. The van der Waals surface area contributed by atoms with Crippen molar-refractivity contribution in [2.24, 2.45) is 0 Å². The van der Waals surface area contributed by atoms with Gasteiger partial charge >= 0.3 is 0 Å². The van der Waals surface area contributed by atoms with Crippen LogP contribution < -0.4 is 4.74 Å². The zero-order chi connectivity index (χ0) is 13.2. The largest absolute Gasteiger partial charge is 0.493 e. The summed E-state index contributed by atoms with van der Waals surface area (Å²) in [7, 11) is 0. The molecule has 3 aromatic rings. The second-order valence-electron chi connectivity index (χ2n) is 3.85. The third-order valence-corrected chi connectivity index (χ3v) is 4.56. The molecule has 4 nitrogen and oxygen atoms in total. The van der Waals surface area contributed by atoms with E-state index in [4.69, 9.17) is 4.74 Å². The molecule has 1 aromatic carbocycles. The van der Waals surface area contributed by atoms with E-state index in [2.05, 4.69) is 10.1 Å². The lowest BCUT2D eigenvalue weighted by Crippen LogP contribution is -1.93. The Morgan fingerprint density at radius 3 is 2.95 bits per heavy atom. The summed E-state index contributed by atoms with van der Waals surface area (Å²) in [6, 6.07) is 7.95. The predicted octanol–water partition coefficient (Wildman–Crippen LogP) is 3.58. The maximum atomic E-state index is 5.64. The first kappa shape index (κ1) is 12.5. The summed E-state index contributed by atoms with van der Waals surface area (Å²) in [4.78, 5) is 5.53. The van der Waals surface area contributed by atoms with Crippen LogP contribution in [0.15, 0.2) is 34.8 Å². The van der Waals surface area contributed by atoms with Gasteiger partial charge in [-0.3, -0.25) is 0 Å². The van der Waals surface area contributed by atoms with Crippen molar-refractivity contribution in [3.63, 3.8) is 0 Å². The molecule has 0 bridgehead atoms. The van der Waals surface area contributed by atoms with Gasteiger partial charge in [-0.15, -0.1) is 5.10 Å². The summed E-state index contributed by atoms with van der Waals surface area (Å²) in [5.41, 5.74) is 1.91. The van der Waals surface area contributed by atoms with E-state index in [9.17, 15) is 0 Å². The third-order valence-electron chi connectivity index (χ3n) is 2.66. The monoisotopic (exact) mass is 291 g/mol. The van der Waals surface area contributed by atoms with E-state index >= 15 is 0 Å². The summed E-state index contributed by atoms with van der Waals surface area (Å²) in [5.74, 6) is 0.862. The molecule has 0 radical (unpaired) electrons. The molecule has 0 amide bonds. The van der Waals surface area contributed by atoms with Crippen molar-refractivity contribution in [3.8, 4) is 17.0 Å². The average molecular weight is 291 g/mol. The Morgan fingerprint density at radius 1 is 1.37 bits per heavy atom. The Hall–Kier alpha value is -1.53. The van der Waals surface area contributed by atoms with Gasteiger partial charge in [-0.05, 0) is 25.3 Å². The number of rotatable bonds is 4. The minimum atomic E-state index is 0.647. The van der Waals surface area contributed by atoms with Crippen molar-refractivity contribution < 1.29 is 4.74 Å². The number of fused-ring (bicyclic) bond motifs is 1. The number of ether oxygens (including phenoxy) is 1. The van der Waals surface area contributed by atoms with Crippen LogP contribution >= 0.6 is 23.1 Å². The second-order valence-corrected chi connectivity index (χ2v) is 5.86. The first-order chi connectivity index (χ1) is 9.31. The van der Waals surface area contributed by atoms with E-state index in [-0.39, 0.29) is 0 Å². The van der Waals surface area contributed by atoms with Crippen LogP contribution in [0.5, 0.6) is 5.75 Å². The van der Waals surface area contributed by atoms with Gasteiger partial charge in [0, 0.05) is 5.56 Å². The minimum absolute atomic E-state index is 0.647. The Kier molecular flexibility index (Phi) is 3.44. The van der Waals surface area contributed by atoms with Gasteiger partial charge in [-0.2, -0.15) is 0 Å². The molecule has 2 aromatic heterocycles. The average Bonchev–Trinajstić information content (AvgIpc) is 2.97. The first-order valence-electron chi connectivity index (χ1n) is 5.94. The Labute approximate surface area is 119 Å². The third kappa shape index (κ3) is 2.33. The van der Waals surface area contributed by atoms with Crippen LogP contribution in [0.2, 0.25) is 0 Å². The lowest BCUT2D eigenvalue weighted by Gasteiger charge is -2.07. The Bertz CT molecular complexity index is 673. The molecule has 0 N–H and O–H groups in total. The Balaban J connectivity index is 2.06. The standard InChI is InChI=1S/C13H13N3OS2/c1-3-17-11-7-5-4-6-9(11)10-8-16-12(14-10)19-13(15-16)18-2/h4-8H,3H2,1-2H3. The number of nitrogens with zero attached hydrogens (tertiary/aromatic N) is 3. The summed E-state index contributed by atoms with van der Waals surface area (Å²) in [5, 5.41) is 4.45. The van der Waals surface area contributed by atoms with Crippen molar-refractivity contribution >= 4 is 28.1 Å². The second kappa shape index (κ2) is 5.22. The first-order valence-corrected chi connectivity index (χ1v) is 7.98. The number of hydrogen-bond acceptors (Lipinski definition) is 5. The molecule has 0 saturated heterocycles. The summed E-state index contributed by atoms with van der Waals surface area (Å²) in [6.07, 6.45) is 3.97. The van der Waals surface area contributed by atoms with Crippen molar-refractivity contribution in [3.05, 3.63) is 30.5 Å². The van der Waals surface area contributed by atoms with Gasteiger partial charge in [0.05, 0.1) is 18.5 Å². The smallest absolute Gasteiger partial charge is 0.213 e. The summed E-state index contributed by atoms with van der Waals surface area (Å²) >= 11 is 3.23. The van der Waals surface area contributed by atoms with Crippen LogP contribution in [0.25, 0.3) is 16.2 Å². The molecule has 0 spiro atoms. The zero-order valence-corrected chi connectivity index (χ0v) is 12.3. The van der Waals surface area contributed by atoms with Gasteiger partial charge < -0.3 is 4.74 Å². The highest BCUT2D eigenvalue weighted by molar-refractivity contribution is 8.00. The van der Waals surface area contributed by atoms with E-state index in [1.807, 2.05) is 48.2 Å². The van der Waals surface area contributed by atoms with Crippen LogP contribution in [0, 0.1) is 0 Å². The molecule has 0 fully saturated rings. The fourth-order valence-electron chi connectivity index (χ4n) is 1.85. The summed E-state index contributed by atoms with van der Waals surface area (Å²) < 4.78 is 8.49. The van der Waals surface area contributed by atoms with Crippen LogP contribution in [-0.2, 0) is 0 Å². The summed E-state index contributed by atoms with van der Waals surface area (Å²) in [6.45, 7) is 2.63. The molecule has 0 unspecified atom stereocenters. The molecule has 0 saturated carbocycles. The fraction of sp³-hybridized carbons (Fsp3) is 0.231. The van der Waals surface area contributed by atoms with E-state index in [1.165, 1.54) is 0 Å². The van der Waals surface area contributed by atoms with E-state index in [1.54, 1.807) is 23.1 Å². The van der Waals surface area contributed by atoms with Gasteiger partial charge in [-0.25, -0.2) is 9.50 Å². The molecule has 0 aliphatic rings. The SMILES string of the molecule is CCOc1ccccc1-c1cn2nc(SC)sc2n1. The molecule has 3 rings (SSSR count). The molecular formula is C13H13N3OS2. The fourth-order valence-corrected chi connectivity index (χ4v) is 3.20. The molecule has 2 heterocycles. The highest BCUT2D eigenvalue weighted by Crippen LogP contribution is 2.31. The quantitative estimate of drug-likeness (QED) is 0.689. The van der Waals surface area contributed by atoms with Crippen LogP contribution in [0.1, 0.15) is 6.92 Å². The van der Waals surface area contributed by atoms with Crippen molar-refractivity contribution in [2.75, 3.05) is 12.9 Å². The number of para-hydroxylation sites is 1. The van der Waals surface area contributed by atoms with Crippen molar-refractivity contribution in [2.45, 2.75) is 11.3 Å². The highest BCUT2D eigenvalue weighted by Gasteiger charge is 2.12. The van der Waals surface area contributed by atoms with E-state index in [0.717, 1.165) is 26.3 Å². The van der Waals surface area contributed by atoms with Gasteiger partial charge in [0.25, 0.3) is 0 Å². The number of aromatic nitrogens is 3. The topological polar surface area (TPSA) is 39.4 Å². The van der Waals surface area contributed by atoms with Crippen LogP contribution in [-0.4, -0.2) is 27.5 Å². The predicted molar refractivity (Wildman–Crippen MR) is 79.3 cm³/mol. The van der Waals surface area contributed by atoms with Gasteiger partial charge in [-0.1, -0.05) is 35.2 Å². The Morgan fingerprint density at radius 2 is 2.21 bits per heavy atom. The lowest BCUT2D eigenvalue weighted by molar-refractivity contribution is 0.341. The van der Waals surface area contributed by atoms with Crippen LogP contribution in [0.4, 0.5) is 0 Å². The molecular weight excluding hydrogens is 278 g/mol. The molecule has 0 aliphatic heterocycles. The maximum Gasteiger partial charge on any atom is 0.213 e. The number of imidazole rings is 1. The van der Waals surface area contributed by atoms with E-state index in [0.29, 0.717) is 6.61 Å². The van der Waals surface area contributed by atoms with Crippen molar-refractivity contribution in [1.29, 1.82) is 0 Å². The van der Waals surface area contributed by atoms with E-state index < -0.39 is 0 Å². The minimum Gasteiger partial charge on any atom is -0.493 e. The zero-order valence-electron chi connectivity index (χ0n) is 10.7. The molecule has 0 atom stereocenters. The maximum absolute atomic E-state index is 5.64. The van der Waals surface area contributed by atoms with Gasteiger partial charge in [0.2, 0.25) is 4.96 Å². The number of hydrogen-bond donors (Lipinski definition) is 0. The number of benzene rings is 1. The molecule has 19 heavy (non-hydrogen) atoms. The van der Waals surface area contributed by atoms with Gasteiger partial charge in [0.1, 0.15) is 5.75 Å². The highest BCUT2D eigenvalue weighted by atomic mass is 32.2. The molecule has 0 aliphatic carbocycles. The van der Waals surface area contributed by atoms with Crippen LogP contribution in [0.3, 0.4) is 0 Å². The lowest BCUT2D eigenvalue weighted by atomic mass is 10.1. The van der Waals surface area contributed by atoms with Gasteiger partial charge in [0.15, 0.2) is 4.34 Å². The van der Waals surface area contributed by atoms with Crippen molar-refractivity contribution in [1.82, 2.24) is 14.6 Å². The molecule has 98 valence electrons. The number of thioether (sulfide) groups is 1.